The summed E-state index contributed by atoms with van der Waals surface area (Å²) >= 11 is 13.7. The number of hydrogen-bond donors (Lipinski definition) is 1. The zero-order valence-electron chi connectivity index (χ0n) is 14.2. The van der Waals surface area contributed by atoms with Crippen LogP contribution < -0.4 is 10.1 Å². The van der Waals surface area contributed by atoms with Gasteiger partial charge in [0.25, 0.3) is 5.91 Å². The van der Waals surface area contributed by atoms with Crippen molar-refractivity contribution >= 4 is 58.0 Å². The number of carbonyl (C=O) groups is 2. The molecular formula is C19H14Cl2N2O3S. The Morgan fingerprint density at radius 2 is 1.89 bits per heavy atom. The van der Waals surface area contributed by atoms with Crippen LogP contribution in [0.25, 0.3) is 6.08 Å². The van der Waals surface area contributed by atoms with E-state index in [4.69, 9.17) is 27.9 Å². The van der Waals surface area contributed by atoms with Gasteiger partial charge in [-0.2, -0.15) is 4.99 Å². The second-order valence-corrected chi connectivity index (χ2v) is 7.45. The molecule has 0 saturated heterocycles. The van der Waals surface area contributed by atoms with E-state index in [-0.39, 0.29) is 11.1 Å². The lowest BCUT2D eigenvalue weighted by molar-refractivity contribution is -0.117. The molecule has 0 radical (unpaired) electrons. The molecule has 138 valence electrons. The number of halogens is 2. The van der Waals surface area contributed by atoms with Crippen LogP contribution in [-0.4, -0.2) is 17.0 Å². The van der Waals surface area contributed by atoms with E-state index in [1.807, 2.05) is 30.3 Å². The first-order chi connectivity index (χ1) is 12.9. The number of carbonyl (C=O) groups excluding carboxylic acids is 2. The van der Waals surface area contributed by atoms with Crippen molar-refractivity contribution in [1.82, 2.24) is 5.32 Å². The fourth-order valence-corrected chi connectivity index (χ4v) is 3.77. The van der Waals surface area contributed by atoms with Gasteiger partial charge in [0.2, 0.25) is 5.91 Å². The number of aliphatic imine (C=N–C) groups is 1. The van der Waals surface area contributed by atoms with Gasteiger partial charge >= 0.3 is 0 Å². The van der Waals surface area contributed by atoms with Gasteiger partial charge in [-0.1, -0.05) is 53.5 Å². The van der Waals surface area contributed by atoms with E-state index < -0.39 is 5.91 Å². The monoisotopic (exact) mass is 420 g/mol. The molecular weight excluding hydrogens is 407 g/mol. The molecule has 2 aromatic rings. The largest absolute Gasteiger partial charge is 0.486 e. The second kappa shape index (κ2) is 8.61. The molecule has 0 unspecified atom stereocenters. The third-order valence-corrected chi connectivity index (χ3v) is 4.91. The first-order valence-corrected chi connectivity index (χ1v) is 9.45. The maximum Gasteiger partial charge on any atom is 0.286 e. The maximum absolute atomic E-state index is 11.9. The molecule has 1 N–H and O–H groups in total. The minimum atomic E-state index is -0.430. The number of thioether (sulfide) groups is 1. The fourth-order valence-electron chi connectivity index (χ4n) is 2.30. The molecule has 0 aliphatic carbocycles. The van der Waals surface area contributed by atoms with E-state index in [0.29, 0.717) is 32.9 Å². The highest BCUT2D eigenvalue weighted by Crippen LogP contribution is 2.36. The van der Waals surface area contributed by atoms with E-state index >= 15 is 0 Å². The lowest BCUT2D eigenvalue weighted by Crippen LogP contribution is -2.23. The van der Waals surface area contributed by atoms with Crippen molar-refractivity contribution in [2.75, 3.05) is 0 Å². The smallest absolute Gasteiger partial charge is 0.286 e. The van der Waals surface area contributed by atoms with Crippen LogP contribution in [0.2, 0.25) is 10.0 Å². The zero-order chi connectivity index (χ0) is 19.4. The maximum atomic E-state index is 11.9. The highest BCUT2D eigenvalue weighted by Gasteiger charge is 2.22. The fraction of sp³-hybridized carbons (Fsp3) is 0.105. The average molecular weight is 421 g/mol. The molecule has 0 saturated carbocycles. The minimum Gasteiger partial charge on any atom is -0.486 e. The molecule has 8 heteroatoms. The molecule has 0 bridgehead atoms. The van der Waals surface area contributed by atoms with Crippen LogP contribution in [0.4, 0.5) is 0 Å². The molecule has 2 aromatic carbocycles. The van der Waals surface area contributed by atoms with Gasteiger partial charge in [-0.05, 0) is 41.1 Å². The lowest BCUT2D eigenvalue weighted by atomic mass is 10.2. The highest BCUT2D eigenvalue weighted by molar-refractivity contribution is 8.18. The van der Waals surface area contributed by atoms with Crippen molar-refractivity contribution in [2.45, 2.75) is 13.5 Å². The number of amidine groups is 1. The summed E-state index contributed by atoms with van der Waals surface area (Å²) in [6.45, 7) is 1.69. The first-order valence-electron chi connectivity index (χ1n) is 7.88. The molecule has 0 fully saturated rings. The third kappa shape index (κ3) is 5.13. The van der Waals surface area contributed by atoms with Gasteiger partial charge in [-0.3, -0.25) is 9.59 Å². The van der Waals surface area contributed by atoms with Crippen molar-refractivity contribution in [3.8, 4) is 5.75 Å². The molecule has 27 heavy (non-hydrogen) atoms. The molecule has 0 spiro atoms. The molecule has 1 aliphatic rings. The topological polar surface area (TPSA) is 67.8 Å². The number of nitrogens with one attached hydrogen (secondary N) is 1. The summed E-state index contributed by atoms with van der Waals surface area (Å²) in [7, 11) is 0. The van der Waals surface area contributed by atoms with Crippen molar-refractivity contribution in [2.24, 2.45) is 4.99 Å². The molecule has 3 rings (SSSR count). The summed E-state index contributed by atoms with van der Waals surface area (Å²) in [4.78, 5) is 27.2. The van der Waals surface area contributed by atoms with Gasteiger partial charge in [0.1, 0.15) is 6.61 Å². The Morgan fingerprint density at radius 3 is 2.52 bits per heavy atom. The normalized spacial score (nSPS) is 15.0. The van der Waals surface area contributed by atoms with Crippen molar-refractivity contribution in [3.63, 3.8) is 0 Å². The summed E-state index contributed by atoms with van der Waals surface area (Å²) in [5, 5.41) is 3.41. The van der Waals surface area contributed by atoms with Crippen LogP contribution in [0, 0.1) is 0 Å². The summed E-state index contributed by atoms with van der Waals surface area (Å²) in [5.74, 6) is -0.341. The van der Waals surface area contributed by atoms with Crippen LogP contribution in [0.3, 0.4) is 0 Å². The Morgan fingerprint density at radius 1 is 1.22 bits per heavy atom. The first kappa shape index (κ1) is 19.5. The number of hydrogen-bond acceptors (Lipinski definition) is 4. The summed E-state index contributed by atoms with van der Waals surface area (Å²) in [5.41, 5.74) is 1.62. The Bertz CT molecular complexity index is 936. The van der Waals surface area contributed by atoms with Gasteiger partial charge in [0.05, 0.1) is 15.0 Å². The molecule has 2 amide bonds. The summed E-state index contributed by atoms with van der Waals surface area (Å²) < 4.78 is 5.73. The molecule has 0 aromatic heterocycles. The Labute approximate surface area is 170 Å². The van der Waals surface area contributed by atoms with E-state index in [2.05, 4.69) is 10.3 Å². The number of amides is 2. The van der Waals surface area contributed by atoms with Gasteiger partial charge in [0, 0.05) is 6.92 Å². The number of benzene rings is 2. The van der Waals surface area contributed by atoms with Crippen molar-refractivity contribution < 1.29 is 14.3 Å². The van der Waals surface area contributed by atoms with Crippen LogP contribution in [0.1, 0.15) is 18.1 Å². The molecule has 1 aliphatic heterocycles. The van der Waals surface area contributed by atoms with Crippen LogP contribution in [0.15, 0.2) is 52.4 Å². The third-order valence-electron chi connectivity index (χ3n) is 3.45. The SMILES string of the molecule is CC(=O)NC1=NC(=O)/C(=C\c2cc(Cl)c(OCc3ccccc3)c(Cl)c2)S1. The van der Waals surface area contributed by atoms with Gasteiger partial charge in [-0.25, -0.2) is 0 Å². The number of nitrogens with zero attached hydrogens (tertiary/aromatic N) is 1. The predicted molar refractivity (Wildman–Crippen MR) is 109 cm³/mol. The second-order valence-electron chi connectivity index (χ2n) is 5.60. The highest BCUT2D eigenvalue weighted by atomic mass is 35.5. The van der Waals surface area contributed by atoms with E-state index in [0.717, 1.165) is 17.3 Å². The van der Waals surface area contributed by atoms with E-state index in [1.54, 1.807) is 18.2 Å². The van der Waals surface area contributed by atoms with Gasteiger partial charge < -0.3 is 10.1 Å². The van der Waals surface area contributed by atoms with Crippen molar-refractivity contribution in [3.05, 3.63) is 68.5 Å². The standard InChI is InChI=1S/C19H14Cl2N2O3S/c1-11(24)22-19-23-18(25)16(27-19)9-13-7-14(20)17(15(21)8-13)26-10-12-5-3-2-4-6-12/h2-9H,10H2,1H3,(H,22,23,24,25)/b16-9+. The predicted octanol–water partition coefficient (Wildman–Crippen LogP) is 4.68. The van der Waals surface area contributed by atoms with Crippen molar-refractivity contribution in [1.29, 1.82) is 0 Å². The Hall–Kier alpha value is -2.28. The summed E-state index contributed by atoms with van der Waals surface area (Å²) in [6.07, 6.45) is 1.62. The van der Waals surface area contributed by atoms with Gasteiger partial charge in [0.15, 0.2) is 10.9 Å². The van der Waals surface area contributed by atoms with Crippen LogP contribution >= 0.6 is 35.0 Å². The molecule has 1 heterocycles. The zero-order valence-corrected chi connectivity index (χ0v) is 16.5. The quantitative estimate of drug-likeness (QED) is 0.729. The number of ether oxygens (including phenoxy) is 1. The molecule has 0 atom stereocenters. The minimum absolute atomic E-state index is 0.249. The Balaban J connectivity index is 1.75. The van der Waals surface area contributed by atoms with Crippen LogP contribution in [-0.2, 0) is 16.2 Å². The average Bonchev–Trinajstić information content (AvgIpc) is 2.93. The van der Waals surface area contributed by atoms with E-state index in [9.17, 15) is 9.59 Å². The number of rotatable bonds is 4. The lowest BCUT2D eigenvalue weighted by Gasteiger charge is -2.11. The molecule has 5 nitrogen and oxygen atoms in total. The van der Waals surface area contributed by atoms with E-state index in [1.165, 1.54) is 6.92 Å². The summed E-state index contributed by atoms with van der Waals surface area (Å²) in [6, 6.07) is 13.0. The van der Waals surface area contributed by atoms with Gasteiger partial charge in [-0.15, -0.1) is 0 Å². The Kier molecular flexibility index (Phi) is 6.21. The van der Waals surface area contributed by atoms with Crippen LogP contribution in [0.5, 0.6) is 5.75 Å².